The molecular weight excluding hydrogens is 405 g/mol. The topological polar surface area (TPSA) is 76.9 Å². The summed E-state index contributed by atoms with van der Waals surface area (Å²) < 4.78 is 48.2. The minimum Gasteiger partial charge on any atom is -0.422 e. The van der Waals surface area contributed by atoms with E-state index >= 15 is 0 Å². The van der Waals surface area contributed by atoms with Crippen LogP contribution in [0.3, 0.4) is 0 Å². The zero-order chi connectivity index (χ0) is 20.8. The molecule has 0 aliphatic carbocycles. The highest BCUT2D eigenvalue weighted by molar-refractivity contribution is 6.30. The molecular formula is C20H12ClF3N4O. The van der Waals surface area contributed by atoms with Crippen LogP contribution in [0.2, 0.25) is 5.02 Å². The lowest BCUT2D eigenvalue weighted by atomic mass is 9.84. The number of alkyl halides is 3. The second-order valence-corrected chi connectivity index (χ2v) is 6.73. The van der Waals surface area contributed by atoms with Crippen LogP contribution in [0.1, 0.15) is 22.7 Å². The van der Waals surface area contributed by atoms with Crippen LogP contribution in [-0.2, 0) is 6.18 Å². The van der Waals surface area contributed by atoms with Crippen molar-refractivity contribution in [3.05, 3.63) is 87.9 Å². The first-order chi connectivity index (χ1) is 13.8. The van der Waals surface area contributed by atoms with Crippen molar-refractivity contribution in [1.29, 1.82) is 5.26 Å². The molecule has 0 amide bonds. The van der Waals surface area contributed by atoms with Gasteiger partial charge in [0.1, 0.15) is 11.6 Å². The van der Waals surface area contributed by atoms with Crippen LogP contribution < -0.4 is 10.5 Å². The van der Waals surface area contributed by atoms with Crippen LogP contribution in [0.25, 0.3) is 5.69 Å². The van der Waals surface area contributed by atoms with Gasteiger partial charge in [-0.2, -0.15) is 28.2 Å². The first kappa shape index (κ1) is 18.9. The van der Waals surface area contributed by atoms with E-state index in [1.807, 2.05) is 6.07 Å². The van der Waals surface area contributed by atoms with Crippen LogP contribution in [-0.4, -0.2) is 9.78 Å². The maximum absolute atomic E-state index is 13.9. The number of rotatable bonds is 2. The van der Waals surface area contributed by atoms with E-state index in [1.54, 1.807) is 42.5 Å². The van der Waals surface area contributed by atoms with Crippen molar-refractivity contribution in [1.82, 2.24) is 9.78 Å². The zero-order valence-electron chi connectivity index (χ0n) is 14.6. The third kappa shape index (κ3) is 3.19. The molecule has 1 aliphatic heterocycles. The molecule has 9 heteroatoms. The number of hydrogen-bond donors (Lipinski definition) is 1. The molecule has 2 N–H and O–H groups in total. The van der Waals surface area contributed by atoms with Crippen molar-refractivity contribution < 1.29 is 17.9 Å². The first-order valence-electron chi connectivity index (χ1n) is 8.40. The normalized spacial score (nSPS) is 16.2. The molecule has 0 unspecified atom stereocenters. The van der Waals surface area contributed by atoms with Crippen molar-refractivity contribution in [2.24, 2.45) is 5.73 Å². The molecule has 5 nitrogen and oxygen atoms in total. The molecule has 2 heterocycles. The maximum atomic E-state index is 13.9. The summed E-state index contributed by atoms with van der Waals surface area (Å²) in [7, 11) is 0. The Balaban J connectivity index is 2.04. The number of allylic oxidation sites excluding steroid dienone is 1. The molecule has 2 aromatic carbocycles. The Morgan fingerprint density at radius 3 is 2.34 bits per heavy atom. The van der Waals surface area contributed by atoms with Gasteiger partial charge in [0.2, 0.25) is 11.8 Å². The number of aromatic nitrogens is 2. The second-order valence-electron chi connectivity index (χ2n) is 6.29. The predicted molar refractivity (Wildman–Crippen MR) is 99.3 cm³/mol. The Bertz CT molecular complexity index is 1150. The summed E-state index contributed by atoms with van der Waals surface area (Å²) in [6.07, 6.45) is -4.77. The summed E-state index contributed by atoms with van der Waals surface area (Å²) >= 11 is 5.91. The minimum atomic E-state index is -4.77. The van der Waals surface area contributed by atoms with Gasteiger partial charge < -0.3 is 10.5 Å². The number of para-hydroxylation sites is 1. The van der Waals surface area contributed by atoms with E-state index in [-0.39, 0.29) is 22.9 Å². The summed E-state index contributed by atoms with van der Waals surface area (Å²) in [4.78, 5) is 0. The van der Waals surface area contributed by atoms with E-state index in [4.69, 9.17) is 22.1 Å². The van der Waals surface area contributed by atoms with Crippen LogP contribution in [0.4, 0.5) is 13.2 Å². The van der Waals surface area contributed by atoms with Gasteiger partial charge >= 0.3 is 6.18 Å². The Labute approximate surface area is 168 Å². The van der Waals surface area contributed by atoms with Gasteiger partial charge in [0.25, 0.3) is 0 Å². The number of hydrogen-bond acceptors (Lipinski definition) is 4. The SMILES string of the molecule is N#CC1=C(N)Oc2c(c(C(F)(F)F)nn2-c2ccccc2)[C@H]1c1ccc(Cl)cc1. The molecule has 0 radical (unpaired) electrons. The van der Waals surface area contributed by atoms with Gasteiger partial charge in [-0.25, -0.2) is 0 Å². The zero-order valence-corrected chi connectivity index (χ0v) is 15.4. The van der Waals surface area contributed by atoms with Crippen LogP contribution in [0.15, 0.2) is 66.1 Å². The third-order valence-corrected chi connectivity index (χ3v) is 4.77. The first-order valence-corrected chi connectivity index (χ1v) is 8.77. The molecule has 0 fully saturated rings. The standard InChI is InChI=1S/C20H12ClF3N4O/c21-12-8-6-11(7-9-12)15-14(10-25)18(26)29-19-16(15)17(20(22,23)24)27-28(19)13-4-2-1-3-5-13/h1-9,15H,26H2/t15-/m0/s1. The number of nitriles is 1. The maximum Gasteiger partial charge on any atom is 0.435 e. The predicted octanol–water partition coefficient (Wildman–Crippen LogP) is 4.76. The summed E-state index contributed by atoms with van der Waals surface area (Å²) in [5.41, 5.74) is 5.15. The lowest BCUT2D eigenvalue weighted by molar-refractivity contribution is -0.142. The lowest BCUT2D eigenvalue weighted by Gasteiger charge is -2.25. The molecule has 0 spiro atoms. The fraction of sp³-hybridized carbons (Fsp3) is 0.100. The smallest absolute Gasteiger partial charge is 0.422 e. The van der Waals surface area contributed by atoms with E-state index in [9.17, 15) is 18.4 Å². The Hall–Kier alpha value is -3.44. The van der Waals surface area contributed by atoms with Gasteiger partial charge in [-0.15, -0.1) is 0 Å². The van der Waals surface area contributed by atoms with Gasteiger partial charge in [-0.05, 0) is 29.8 Å². The highest BCUT2D eigenvalue weighted by Gasteiger charge is 2.46. The Kier molecular flexibility index (Phi) is 4.47. The third-order valence-electron chi connectivity index (χ3n) is 4.52. The second kappa shape index (κ2) is 6.87. The summed E-state index contributed by atoms with van der Waals surface area (Å²) in [5.74, 6) is -1.55. The molecule has 146 valence electrons. The molecule has 0 saturated heterocycles. The average molecular weight is 417 g/mol. The largest absolute Gasteiger partial charge is 0.435 e. The Morgan fingerprint density at radius 2 is 1.76 bits per heavy atom. The molecule has 1 aromatic heterocycles. The van der Waals surface area contributed by atoms with Gasteiger partial charge in [-0.1, -0.05) is 41.9 Å². The minimum absolute atomic E-state index is 0.127. The van der Waals surface area contributed by atoms with E-state index in [1.165, 1.54) is 12.1 Å². The van der Waals surface area contributed by atoms with Crippen LogP contribution in [0.5, 0.6) is 5.88 Å². The van der Waals surface area contributed by atoms with E-state index in [0.717, 1.165) is 4.68 Å². The van der Waals surface area contributed by atoms with Crippen molar-refractivity contribution >= 4 is 11.6 Å². The summed E-state index contributed by atoms with van der Waals surface area (Å²) in [5, 5.41) is 13.8. The molecule has 4 rings (SSSR count). The van der Waals surface area contributed by atoms with Gasteiger partial charge in [-0.3, -0.25) is 0 Å². The van der Waals surface area contributed by atoms with E-state index < -0.39 is 17.8 Å². The van der Waals surface area contributed by atoms with Crippen molar-refractivity contribution in [2.75, 3.05) is 0 Å². The monoisotopic (exact) mass is 416 g/mol. The summed E-state index contributed by atoms with van der Waals surface area (Å²) in [6, 6.07) is 16.3. The van der Waals surface area contributed by atoms with Crippen molar-refractivity contribution in [3.63, 3.8) is 0 Å². The molecule has 1 atom stereocenters. The van der Waals surface area contributed by atoms with E-state index in [2.05, 4.69) is 5.10 Å². The van der Waals surface area contributed by atoms with E-state index in [0.29, 0.717) is 16.3 Å². The van der Waals surface area contributed by atoms with Gasteiger partial charge in [0.05, 0.1) is 17.2 Å². The van der Waals surface area contributed by atoms with Crippen LogP contribution in [0, 0.1) is 11.3 Å². The number of nitrogens with two attached hydrogens (primary N) is 1. The lowest BCUT2D eigenvalue weighted by Crippen LogP contribution is -2.23. The number of benzene rings is 2. The highest BCUT2D eigenvalue weighted by Crippen LogP contribution is 2.48. The number of fused-ring (bicyclic) bond motifs is 1. The molecule has 0 saturated carbocycles. The van der Waals surface area contributed by atoms with Crippen LogP contribution >= 0.6 is 11.6 Å². The van der Waals surface area contributed by atoms with Gasteiger partial charge in [0, 0.05) is 5.02 Å². The highest BCUT2D eigenvalue weighted by atomic mass is 35.5. The molecule has 0 bridgehead atoms. The quantitative estimate of drug-likeness (QED) is 0.653. The van der Waals surface area contributed by atoms with Crippen molar-refractivity contribution in [3.8, 4) is 17.6 Å². The number of ether oxygens (including phenoxy) is 1. The fourth-order valence-corrected chi connectivity index (χ4v) is 3.41. The fourth-order valence-electron chi connectivity index (χ4n) is 3.28. The Morgan fingerprint density at radius 1 is 1.10 bits per heavy atom. The average Bonchev–Trinajstić information content (AvgIpc) is 3.08. The number of halogens is 4. The van der Waals surface area contributed by atoms with Crippen molar-refractivity contribution in [2.45, 2.75) is 12.1 Å². The van der Waals surface area contributed by atoms with Gasteiger partial charge in [0.15, 0.2) is 5.69 Å². The molecule has 29 heavy (non-hydrogen) atoms. The number of nitrogens with zero attached hydrogens (tertiary/aromatic N) is 3. The summed E-state index contributed by atoms with van der Waals surface area (Å²) in [6.45, 7) is 0. The molecule has 3 aromatic rings. The molecule has 1 aliphatic rings.